The van der Waals surface area contributed by atoms with E-state index in [1.165, 1.54) is 36.5 Å². The molecule has 2 amide bonds. The van der Waals surface area contributed by atoms with Gasteiger partial charge in [0.1, 0.15) is 11.1 Å². The van der Waals surface area contributed by atoms with Crippen LogP contribution in [0.4, 0.5) is 15.9 Å². The first kappa shape index (κ1) is 22.9. The van der Waals surface area contributed by atoms with Gasteiger partial charge in [-0.1, -0.05) is 23.2 Å². The van der Waals surface area contributed by atoms with Gasteiger partial charge in [-0.25, -0.2) is 9.37 Å². The first-order valence-corrected chi connectivity index (χ1v) is 9.99. The van der Waals surface area contributed by atoms with Crippen LogP contribution in [0.5, 0.6) is 0 Å². The lowest BCUT2D eigenvalue weighted by molar-refractivity contribution is -0.146. The average Bonchev–Trinajstić information content (AvgIpc) is 2.68. The summed E-state index contributed by atoms with van der Waals surface area (Å²) < 4.78 is 17.8. The summed E-state index contributed by atoms with van der Waals surface area (Å²) in [5, 5.41) is 4.76. The highest BCUT2D eigenvalue weighted by Crippen LogP contribution is 2.22. The number of pyridine rings is 1. The second kappa shape index (κ2) is 11.0. The molecular formula is C18H16Cl2FN3O4S. The highest BCUT2D eigenvalue weighted by atomic mass is 35.5. The molecule has 0 saturated carbocycles. The van der Waals surface area contributed by atoms with Gasteiger partial charge in [-0.05, 0) is 37.3 Å². The number of amides is 2. The van der Waals surface area contributed by atoms with E-state index in [1.807, 2.05) is 0 Å². The number of benzene rings is 1. The number of hydrogen-bond acceptors (Lipinski definition) is 6. The third kappa shape index (κ3) is 7.88. The maximum Gasteiger partial charge on any atom is 0.319 e. The Bertz CT molecular complexity index is 899. The van der Waals surface area contributed by atoms with Gasteiger partial charge in [0, 0.05) is 11.9 Å². The normalized spacial score (nSPS) is 11.4. The first-order valence-electron chi connectivity index (χ1n) is 8.19. The third-order valence-corrected chi connectivity index (χ3v) is 4.95. The second-order valence-corrected chi connectivity index (χ2v) is 7.82. The van der Waals surface area contributed by atoms with Crippen molar-refractivity contribution in [3.63, 3.8) is 0 Å². The molecule has 11 heteroatoms. The molecule has 0 aliphatic heterocycles. The maximum absolute atomic E-state index is 12.8. The molecule has 154 valence electrons. The number of nitrogens with zero attached hydrogens (tertiary/aromatic N) is 1. The van der Waals surface area contributed by atoms with E-state index in [0.717, 1.165) is 11.8 Å². The molecule has 0 aliphatic rings. The molecule has 1 atom stereocenters. The Morgan fingerprint density at radius 3 is 2.52 bits per heavy atom. The number of aromatic nitrogens is 1. The van der Waals surface area contributed by atoms with E-state index in [-0.39, 0.29) is 22.5 Å². The van der Waals surface area contributed by atoms with Crippen molar-refractivity contribution in [1.29, 1.82) is 0 Å². The minimum Gasteiger partial charge on any atom is -0.455 e. The van der Waals surface area contributed by atoms with Crippen LogP contribution < -0.4 is 10.6 Å². The Morgan fingerprint density at radius 2 is 1.86 bits per heavy atom. The number of thioether (sulfide) groups is 1. The van der Waals surface area contributed by atoms with Gasteiger partial charge >= 0.3 is 5.97 Å². The summed E-state index contributed by atoms with van der Waals surface area (Å²) in [6.07, 6.45) is 1.31. The van der Waals surface area contributed by atoms with Gasteiger partial charge in [-0.3, -0.25) is 14.4 Å². The van der Waals surface area contributed by atoms with Gasteiger partial charge < -0.3 is 15.4 Å². The summed E-state index contributed by atoms with van der Waals surface area (Å²) in [6.45, 7) is 1.01. The predicted octanol–water partition coefficient (Wildman–Crippen LogP) is 3.77. The fourth-order valence-electron chi connectivity index (χ4n) is 1.93. The number of nitrogens with one attached hydrogen (secondary N) is 2. The summed E-state index contributed by atoms with van der Waals surface area (Å²) in [4.78, 5) is 39.6. The SMILES string of the molecule is CC(SCC(=O)Nc1ccc(F)cc1)C(=O)OCC(=O)Nc1ncc(Cl)cc1Cl. The molecule has 1 aromatic heterocycles. The zero-order valence-electron chi connectivity index (χ0n) is 15.1. The molecule has 0 fully saturated rings. The standard InChI is InChI=1S/C18H16Cl2FN3O4S/c1-10(29-9-16(26)23-13-4-2-12(21)3-5-13)18(27)28-8-15(25)24-17-14(20)6-11(19)7-22-17/h2-7,10H,8-9H2,1H3,(H,23,26)(H,22,24,25). The number of carbonyl (C=O) groups is 3. The van der Waals surface area contributed by atoms with Crippen molar-refractivity contribution in [2.45, 2.75) is 12.2 Å². The summed E-state index contributed by atoms with van der Waals surface area (Å²) in [5.41, 5.74) is 0.443. The van der Waals surface area contributed by atoms with E-state index in [2.05, 4.69) is 15.6 Å². The van der Waals surface area contributed by atoms with Gasteiger partial charge in [-0.2, -0.15) is 0 Å². The summed E-state index contributed by atoms with van der Waals surface area (Å²) in [6, 6.07) is 6.71. The Kier molecular flexibility index (Phi) is 8.69. The molecule has 0 spiro atoms. The zero-order chi connectivity index (χ0) is 21.4. The summed E-state index contributed by atoms with van der Waals surface area (Å²) >= 11 is 12.6. The Labute approximate surface area is 180 Å². The monoisotopic (exact) mass is 459 g/mol. The number of esters is 1. The molecule has 0 radical (unpaired) electrons. The molecule has 29 heavy (non-hydrogen) atoms. The fraction of sp³-hybridized carbons (Fsp3) is 0.222. The average molecular weight is 460 g/mol. The molecule has 0 bridgehead atoms. The van der Waals surface area contributed by atoms with Gasteiger partial charge in [0.05, 0.1) is 15.8 Å². The van der Waals surface area contributed by atoms with Crippen molar-refractivity contribution in [2.75, 3.05) is 23.0 Å². The number of anilines is 2. The van der Waals surface area contributed by atoms with E-state index in [1.54, 1.807) is 6.92 Å². The lowest BCUT2D eigenvalue weighted by atomic mass is 10.3. The molecule has 1 unspecified atom stereocenters. The van der Waals surface area contributed by atoms with E-state index in [9.17, 15) is 18.8 Å². The minimum atomic E-state index is -0.681. The largest absolute Gasteiger partial charge is 0.455 e. The van der Waals surface area contributed by atoms with Crippen LogP contribution in [0.1, 0.15) is 6.92 Å². The zero-order valence-corrected chi connectivity index (χ0v) is 17.4. The van der Waals surface area contributed by atoms with Crippen LogP contribution in [0.15, 0.2) is 36.5 Å². The van der Waals surface area contributed by atoms with Crippen molar-refractivity contribution in [2.24, 2.45) is 0 Å². The minimum absolute atomic E-state index is 0.0237. The highest BCUT2D eigenvalue weighted by Gasteiger charge is 2.18. The number of rotatable bonds is 8. The first-order chi connectivity index (χ1) is 13.7. The Morgan fingerprint density at radius 1 is 1.17 bits per heavy atom. The van der Waals surface area contributed by atoms with Crippen molar-refractivity contribution >= 4 is 64.3 Å². The highest BCUT2D eigenvalue weighted by molar-refractivity contribution is 8.01. The van der Waals surface area contributed by atoms with Crippen molar-refractivity contribution in [3.05, 3.63) is 52.4 Å². The van der Waals surface area contributed by atoms with Crippen molar-refractivity contribution < 1.29 is 23.5 Å². The quantitative estimate of drug-likeness (QED) is 0.583. The molecular weight excluding hydrogens is 444 g/mol. The van der Waals surface area contributed by atoms with E-state index >= 15 is 0 Å². The molecule has 2 N–H and O–H groups in total. The van der Waals surface area contributed by atoms with Crippen LogP contribution in [0, 0.1) is 5.82 Å². The fourth-order valence-corrected chi connectivity index (χ4v) is 3.03. The summed E-state index contributed by atoms with van der Waals surface area (Å²) in [5.74, 6) is -1.98. The smallest absolute Gasteiger partial charge is 0.319 e. The topological polar surface area (TPSA) is 97.4 Å². The number of carbonyl (C=O) groups excluding carboxylic acids is 3. The van der Waals surface area contributed by atoms with Crippen LogP contribution in [0.3, 0.4) is 0 Å². The third-order valence-electron chi connectivity index (χ3n) is 3.34. The van der Waals surface area contributed by atoms with Crippen LogP contribution in [-0.4, -0.2) is 40.4 Å². The van der Waals surface area contributed by atoms with E-state index in [0.29, 0.717) is 10.7 Å². The van der Waals surface area contributed by atoms with Crippen molar-refractivity contribution in [1.82, 2.24) is 4.98 Å². The second-order valence-electron chi connectivity index (χ2n) is 5.65. The van der Waals surface area contributed by atoms with E-state index < -0.39 is 29.6 Å². The Balaban J connectivity index is 1.71. The molecule has 2 rings (SSSR count). The lowest BCUT2D eigenvalue weighted by Gasteiger charge is -2.12. The summed E-state index contributed by atoms with van der Waals surface area (Å²) in [7, 11) is 0. The van der Waals surface area contributed by atoms with Crippen LogP contribution in [0.2, 0.25) is 10.0 Å². The molecule has 0 saturated heterocycles. The van der Waals surface area contributed by atoms with Gasteiger partial charge in [-0.15, -0.1) is 11.8 Å². The predicted molar refractivity (Wildman–Crippen MR) is 111 cm³/mol. The molecule has 1 aromatic carbocycles. The molecule has 7 nitrogen and oxygen atoms in total. The van der Waals surface area contributed by atoms with Gasteiger partial charge in [0.2, 0.25) is 5.91 Å². The van der Waals surface area contributed by atoms with Crippen LogP contribution in [0.25, 0.3) is 0 Å². The van der Waals surface area contributed by atoms with Crippen molar-refractivity contribution in [3.8, 4) is 0 Å². The maximum atomic E-state index is 12.8. The molecule has 1 heterocycles. The van der Waals surface area contributed by atoms with Gasteiger partial charge in [0.25, 0.3) is 5.91 Å². The molecule has 0 aliphatic carbocycles. The number of halogens is 3. The molecule has 2 aromatic rings. The number of hydrogen-bond donors (Lipinski definition) is 2. The Hall–Kier alpha value is -2.36. The van der Waals surface area contributed by atoms with Crippen LogP contribution >= 0.6 is 35.0 Å². The van der Waals surface area contributed by atoms with Crippen LogP contribution in [-0.2, 0) is 19.1 Å². The van der Waals surface area contributed by atoms with E-state index in [4.69, 9.17) is 27.9 Å². The lowest BCUT2D eigenvalue weighted by Crippen LogP contribution is -2.26. The number of ether oxygens (including phenoxy) is 1. The van der Waals surface area contributed by atoms with Gasteiger partial charge in [0.15, 0.2) is 12.4 Å².